The maximum Gasteiger partial charge on any atom is -0.00942 e. The zero-order valence-corrected chi connectivity index (χ0v) is 18.9. The number of rotatable bonds is 6. The lowest BCUT2D eigenvalue weighted by molar-refractivity contribution is 0.308. The van der Waals surface area contributed by atoms with Gasteiger partial charge in [0.15, 0.2) is 0 Å². The number of hydrogen-bond donors (Lipinski definition) is 0. The highest BCUT2D eigenvalue weighted by molar-refractivity contribution is 5.27. The van der Waals surface area contributed by atoms with Gasteiger partial charge in [-0.3, -0.25) is 0 Å². The molecule has 0 N–H and O–H groups in total. The second-order valence-electron chi connectivity index (χ2n) is 7.47. The van der Waals surface area contributed by atoms with E-state index in [1.54, 1.807) is 0 Å². The van der Waals surface area contributed by atoms with E-state index >= 15 is 0 Å². The SMILES string of the molecule is C.C.C=C/C=C(\C=C/Cc1ccc(CC)cc1)CC.CC.CC1CCC(C)CC1. The average Bonchev–Trinajstić information content (AvgIpc) is 2.72. The lowest BCUT2D eigenvalue weighted by Gasteiger charge is -2.22. The predicted octanol–water partition coefficient (Wildman–Crippen LogP) is 10.0. The Labute approximate surface area is 185 Å². The van der Waals surface area contributed by atoms with Gasteiger partial charge in [-0.2, -0.15) is 0 Å². The molecular formula is C29H52. The van der Waals surface area contributed by atoms with Crippen LogP contribution in [-0.4, -0.2) is 0 Å². The van der Waals surface area contributed by atoms with Crippen LogP contribution < -0.4 is 0 Å². The third kappa shape index (κ3) is 16.0. The van der Waals surface area contributed by atoms with Gasteiger partial charge in [-0.05, 0) is 47.8 Å². The molecule has 0 unspecified atom stereocenters. The molecule has 0 heterocycles. The molecule has 1 fully saturated rings. The molecule has 168 valence electrons. The van der Waals surface area contributed by atoms with Gasteiger partial charge in [-0.15, -0.1) is 0 Å². The normalized spacial score (nSPS) is 18.2. The molecule has 0 radical (unpaired) electrons. The van der Waals surface area contributed by atoms with E-state index in [-0.39, 0.29) is 14.9 Å². The molecule has 0 nitrogen and oxygen atoms in total. The van der Waals surface area contributed by atoms with Crippen molar-refractivity contribution in [3.05, 3.63) is 71.8 Å². The molecule has 1 aromatic carbocycles. The fraction of sp³-hybridized carbons (Fsp3) is 0.586. The zero-order valence-electron chi connectivity index (χ0n) is 18.9. The molecule has 0 saturated heterocycles. The second kappa shape index (κ2) is 21.2. The van der Waals surface area contributed by atoms with E-state index in [4.69, 9.17) is 0 Å². The minimum atomic E-state index is 0. The Morgan fingerprint density at radius 3 is 1.72 bits per heavy atom. The van der Waals surface area contributed by atoms with Crippen LogP contribution in [0.15, 0.2) is 60.7 Å². The van der Waals surface area contributed by atoms with Crippen LogP contribution >= 0.6 is 0 Å². The first kappa shape index (κ1) is 32.1. The minimum Gasteiger partial charge on any atom is -0.0991 e. The van der Waals surface area contributed by atoms with Gasteiger partial charge in [0, 0.05) is 0 Å². The first-order valence-electron chi connectivity index (χ1n) is 11.1. The second-order valence-corrected chi connectivity index (χ2v) is 7.47. The summed E-state index contributed by atoms with van der Waals surface area (Å²) in [5, 5.41) is 0. The number of allylic oxidation sites excluding steroid dienone is 5. The van der Waals surface area contributed by atoms with E-state index in [0.29, 0.717) is 0 Å². The summed E-state index contributed by atoms with van der Waals surface area (Å²) in [5.74, 6) is 2.04. The van der Waals surface area contributed by atoms with E-state index in [0.717, 1.165) is 31.1 Å². The van der Waals surface area contributed by atoms with Crippen LogP contribution in [-0.2, 0) is 12.8 Å². The fourth-order valence-electron chi connectivity index (χ4n) is 3.13. The molecule has 0 aliphatic heterocycles. The van der Waals surface area contributed by atoms with E-state index in [9.17, 15) is 0 Å². The van der Waals surface area contributed by atoms with Gasteiger partial charge >= 0.3 is 0 Å². The Kier molecular flexibility index (Phi) is 23.4. The third-order valence-electron chi connectivity index (χ3n) is 5.16. The first-order chi connectivity index (χ1) is 13.1. The predicted molar refractivity (Wildman–Crippen MR) is 139 cm³/mol. The van der Waals surface area contributed by atoms with E-state index in [1.165, 1.54) is 42.4 Å². The highest BCUT2D eigenvalue weighted by Gasteiger charge is 2.13. The zero-order chi connectivity index (χ0) is 20.5. The van der Waals surface area contributed by atoms with Crippen molar-refractivity contribution in [3.63, 3.8) is 0 Å². The van der Waals surface area contributed by atoms with E-state index in [1.807, 2.05) is 19.9 Å². The highest BCUT2D eigenvalue weighted by Crippen LogP contribution is 2.27. The van der Waals surface area contributed by atoms with Crippen molar-refractivity contribution in [2.24, 2.45) is 11.8 Å². The Balaban J connectivity index is -0.000000477. The van der Waals surface area contributed by atoms with Gasteiger partial charge in [0.25, 0.3) is 0 Å². The quantitative estimate of drug-likeness (QED) is 0.417. The maximum absolute atomic E-state index is 3.72. The molecule has 1 aliphatic rings. The first-order valence-corrected chi connectivity index (χ1v) is 11.1. The molecule has 0 spiro atoms. The topological polar surface area (TPSA) is 0 Å². The van der Waals surface area contributed by atoms with Gasteiger partial charge in [-0.1, -0.05) is 137 Å². The standard InChI is InChI=1S/C17H22.C8H16.C2H6.2CH4/c1-4-8-15(5-2)9-7-10-17-13-11-16(6-3)12-14-17;1-7-3-5-8(2)6-4-7;1-2;;/h4,7-9,11-14H,1,5-6,10H2,2-3H3;7-8H,3-6H2,1-2H3;1-2H3;2*1H4/b9-7-,15-8-;;;;. The number of aryl methyl sites for hydroxylation is 1. The summed E-state index contributed by atoms with van der Waals surface area (Å²) in [6.45, 7) is 16.8. The third-order valence-corrected chi connectivity index (χ3v) is 5.16. The molecule has 1 aliphatic carbocycles. The minimum absolute atomic E-state index is 0. The molecule has 0 bridgehead atoms. The summed E-state index contributed by atoms with van der Waals surface area (Å²) in [6, 6.07) is 8.85. The van der Waals surface area contributed by atoms with Crippen LogP contribution in [0.4, 0.5) is 0 Å². The summed E-state index contributed by atoms with van der Waals surface area (Å²) in [7, 11) is 0. The Hall–Kier alpha value is -1.56. The van der Waals surface area contributed by atoms with Crippen molar-refractivity contribution in [1.82, 2.24) is 0 Å². The monoisotopic (exact) mass is 400 g/mol. The molecular weight excluding hydrogens is 348 g/mol. The van der Waals surface area contributed by atoms with E-state index < -0.39 is 0 Å². The number of benzene rings is 1. The lowest BCUT2D eigenvalue weighted by atomic mass is 9.84. The van der Waals surface area contributed by atoms with Crippen LogP contribution in [0.1, 0.15) is 99.6 Å². The lowest BCUT2D eigenvalue weighted by Crippen LogP contribution is -2.08. The summed E-state index contributed by atoms with van der Waals surface area (Å²) in [6.07, 6.45) is 17.4. The van der Waals surface area contributed by atoms with Crippen LogP contribution in [0.25, 0.3) is 0 Å². The van der Waals surface area contributed by atoms with Crippen molar-refractivity contribution < 1.29 is 0 Å². The molecule has 0 atom stereocenters. The fourth-order valence-corrected chi connectivity index (χ4v) is 3.13. The van der Waals surface area contributed by atoms with Crippen LogP contribution in [0, 0.1) is 11.8 Å². The Morgan fingerprint density at radius 2 is 1.34 bits per heavy atom. The summed E-state index contributed by atoms with van der Waals surface area (Å²) < 4.78 is 0. The van der Waals surface area contributed by atoms with Gasteiger partial charge in [-0.25, -0.2) is 0 Å². The summed E-state index contributed by atoms with van der Waals surface area (Å²) in [4.78, 5) is 0. The van der Waals surface area contributed by atoms with Crippen LogP contribution in [0.5, 0.6) is 0 Å². The Morgan fingerprint density at radius 1 is 0.897 bits per heavy atom. The number of hydrogen-bond acceptors (Lipinski definition) is 0. The van der Waals surface area contributed by atoms with Gasteiger partial charge in [0.1, 0.15) is 0 Å². The van der Waals surface area contributed by atoms with Crippen LogP contribution in [0.3, 0.4) is 0 Å². The van der Waals surface area contributed by atoms with Gasteiger partial charge in [0.05, 0.1) is 0 Å². The largest absolute Gasteiger partial charge is 0.0991 e. The van der Waals surface area contributed by atoms with Crippen molar-refractivity contribution in [2.45, 2.75) is 101 Å². The van der Waals surface area contributed by atoms with E-state index in [2.05, 4.69) is 76.8 Å². The average molecular weight is 401 g/mol. The molecule has 0 aromatic heterocycles. The van der Waals surface area contributed by atoms with Crippen molar-refractivity contribution in [1.29, 1.82) is 0 Å². The molecule has 2 rings (SSSR count). The van der Waals surface area contributed by atoms with Crippen molar-refractivity contribution in [3.8, 4) is 0 Å². The molecule has 0 amide bonds. The Bertz CT molecular complexity index is 512. The van der Waals surface area contributed by atoms with Crippen molar-refractivity contribution >= 4 is 0 Å². The molecule has 1 saturated carbocycles. The molecule has 0 heteroatoms. The maximum atomic E-state index is 3.72. The van der Waals surface area contributed by atoms with Gasteiger partial charge in [0.2, 0.25) is 0 Å². The smallest absolute Gasteiger partial charge is 0.00942 e. The highest BCUT2D eigenvalue weighted by atomic mass is 14.2. The van der Waals surface area contributed by atoms with Crippen LogP contribution in [0.2, 0.25) is 0 Å². The molecule has 1 aromatic rings. The molecule has 29 heavy (non-hydrogen) atoms. The summed E-state index contributed by atoms with van der Waals surface area (Å²) in [5.41, 5.74) is 4.09. The van der Waals surface area contributed by atoms with Gasteiger partial charge < -0.3 is 0 Å². The van der Waals surface area contributed by atoms with Crippen molar-refractivity contribution in [2.75, 3.05) is 0 Å². The summed E-state index contributed by atoms with van der Waals surface area (Å²) >= 11 is 0.